The fraction of sp³-hybridized carbons (Fsp3) is 0.314. The smallest absolute Gasteiger partial charge is 0.253 e. The third-order valence-electron chi connectivity index (χ3n) is 15.6. The molecule has 0 N–H and O–H groups in total. The first-order valence-corrected chi connectivity index (χ1v) is 29.8. The van der Waals surface area contributed by atoms with Gasteiger partial charge < -0.3 is 26.3 Å². The average Bonchev–Trinajstić information content (AvgIpc) is 3.76. The number of hydrogen-bond acceptors (Lipinski definition) is 6. The van der Waals surface area contributed by atoms with Crippen LogP contribution >= 0.6 is 16.0 Å². The zero-order valence-corrected chi connectivity index (χ0v) is 49.8. The summed E-state index contributed by atoms with van der Waals surface area (Å²) < 4.78 is 43.0. The first-order chi connectivity index (χ1) is 37.0. The number of benzene rings is 8. The number of ether oxygens (including phenoxy) is 2. The molecule has 0 amide bonds. The molecular formula is C70H74O6P2. The number of methoxy groups -OCH3 is 2. The lowest BCUT2D eigenvalue weighted by Crippen LogP contribution is -2.16. The molecule has 8 heteroatoms. The highest BCUT2D eigenvalue weighted by Gasteiger charge is 2.31. The summed E-state index contributed by atoms with van der Waals surface area (Å²) in [6.45, 7) is 27.7. The Hall–Kier alpha value is -6.84. The van der Waals surface area contributed by atoms with Crippen LogP contribution in [0.4, 0.5) is 0 Å². The van der Waals surface area contributed by atoms with Gasteiger partial charge in [-0.25, -0.2) is 0 Å². The van der Waals surface area contributed by atoms with Crippen molar-refractivity contribution in [3.8, 4) is 22.1 Å². The van der Waals surface area contributed by atoms with Crippen LogP contribution in [0.25, 0.3) is 54.5 Å². The molecule has 400 valence electrons. The van der Waals surface area contributed by atoms with Crippen LogP contribution in [0, 0.1) is 0 Å². The van der Waals surface area contributed by atoms with Gasteiger partial charge in [-0.05, 0) is 113 Å². The van der Waals surface area contributed by atoms with Crippen molar-refractivity contribution in [3.05, 3.63) is 212 Å². The Balaban J connectivity index is 1.31. The van der Waals surface area contributed by atoms with Gasteiger partial charge in [-0.1, -0.05) is 204 Å². The van der Waals surface area contributed by atoms with E-state index in [0.29, 0.717) is 25.7 Å². The fourth-order valence-electron chi connectivity index (χ4n) is 11.3. The maximum atomic E-state index is 7.34. The second-order valence-electron chi connectivity index (χ2n) is 25.5. The number of rotatable bonds is 4. The molecule has 0 radical (unpaired) electrons. The SMILES string of the molecule is COc1c2cc(C(C)(C)C)cc1Cc1cc(C(C)(C)C)cc(c1-p1oc3ccccc3c3ccccc3o1)Cc1cc(C(C)(C)C)cc(c1OC)Cc1cc(C(C)(C)C)cc(c1-p1oc3ccccc3c3ccccc3o1)C2. The fourth-order valence-corrected chi connectivity index (χ4v) is 14.6. The van der Waals surface area contributed by atoms with Crippen LogP contribution in [-0.2, 0) is 47.3 Å². The normalized spacial score (nSPS) is 13.3. The van der Waals surface area contributed by atoms with Crippen molar-refractivity contribution >= 4 is 59.9 Å². The first-order valence-electron chi connectivity index (χ1n) is 27.5. The van der Waals surface area contributed by atoms with Crippen molar-refractivity contribution in [2.45, 2.75) is 130 Å². The molecular weight excluding hydrogens is 999 g/mol. The maximum Gasteiger partial charge on any atom is 0.253 e. The lowest BCUT2D eigenvalue weighted by molar-refractivity contribution is 0.405. The number of hydrogen-bond donors (Lipinski definition) is 0. The molecule has 8 aromatic carbocycles. The zero-order chi connectivity index (χ0) is 55.1. The molecule has 0 atom stereocenters. The highest BCUT2D eigenvalue weighted by molar-refractivity contribution is 7.46. The molecule has 1 aliphatic rings. The van der Waals surface area contributed by atoms with E-state index in [1.165, 1.54) is 22.3 Å². The van der Waals surface area contributed by atoms with Crippen LogP contribution in [-0.4, -0.2) is 14.2 Å². The minimum Gasteiger partial charge on any atom is -0.496 e. The molecule has 0 saturated carbocycles. The molecule has 10 aromatic rings. The Morgan fingerprint density at radius 1 is 0.308 bits per heavy atom. The van der Waals surface area contributed by atoms with Gasteiger partial charge in [-0.2, -0.15) is 0 Å². The largest absolute Gasteiger partial charge is 0.496 e. The van der Waals surface area contributed by atoms with Gasteiger partial charge >= 0.3 is 0 Å². The number of fused-ring (bicyclic) bond motifs is 14. The molecule has 8 bridgehead atoms. The van der Waals surface area contributed by atoms with Gasteiger partial charge in [0, 0.05) is 47.2 Å². The molecule has 2 heterocycles. The predicted molar refractivity (Wildman–Crippen MR) is 327 cm³/mol. The summed E-state index contributed by atoms with van der Waals surface area (Å²) in [6.07, 6.45) is 2.27. The van der Waals surface area contributed by atoms with E-state index in [4.69, 9.17) is 26.3 Å². The van der Waals surface area contributed by atoms with E-state index >= 15 is 0 Å². The summed E-state index contributed by atoms with van der Waals surface area (Å²) in [5.41, 5.74) is 16.4. The van der Waals surface area contributed by atoms with E-state index in [-0.39, 0.29) is 21.7 Å². The Morgan fingerprint density at radius 2 is 0.513 bits per heavy atom. The highest BCUT2D eigenvalue weighted by Crippen LogP contribution is 2.53. The molecule has 0 unspecified atom stereocenters. The minimum atomic E-state index is -1.76. The lowest BCUT2D eigenvalue weighted by Gasteiger charge is -2.28. The predicted octanol–water partition coefficient (Wildman–Crippen LogP) is 20.8. The minimum absolute atomic E-state index is 0.194. The summed E-state index contributed by atoms with van der Waals surface area (Å²) >= 11 is 0. The van der Waals surface area contributed by atoms with Gasteiger partial charge in [0.15, 0.2) is 0 Å². The Morgan fingerprint density at radius 3 is 0.718 bits per heavy atom. The summed E-state index contributed by atoms with van der Waals surface area (Å²) in [5.74, 6) is 1.74. The molecule has 0 fully saturated rings. The van der Waals surface area contributed by atoms with Gasteiger partial charge in [0.1, 0.15) is 33.8 Å². The van der Waals surface area contributed by atoms with E-state index in [1.807, 2.05) is 14.2 Å². The Labute approximate surface area is 462 Å². The molecule has 11 rings (SSSR count). The van der Waals surface area contributed by atoms with Crippen molar-refractivity contribution in [1.82, 2.24) is 0 Å². The van der Waals surface area contributed by atoms with Crippen molar-refractivity contribution in [2.75, 3.05) is 14.2 Å². The van der Waals surface area contributed by atoms with Gasteiger partial charge in [0.05, 0.1) is 24.8 Å². The molecule has 0 aliphatic heterocycles. The van der Waals surface area contributed by atoms with Crippen molar-refractivity contribution in [3.63, 3.8) is 0 Å². The van der Waals surface area contributed by atoms with Crippen LogP contribution in [0.15, 0.2) is 162 Å². The Kier molecular flexibility index (Phi) is 13.7. The van der Waals surface area contributed by atoms with Crippen LogP contribution in [0.2, 0.25) is 0 Å². The molecule has 0 saturated heterocycles. The third-order valence-corrected chi connectivity index (χ3v) is 19.0. The van der Waals surface area contributed by atoms with Gasteiger partial charge in [0.2, 0.25) is 0 Å². The van der Waals surface area contributed by atoms with Gasteiger partial charge in [0.25, 0.3) is 16.0 Å². The molecule has 78 heavy (non-hydrogen) atoms. The quantitative estimate of drug-likeness (QED) is 0.175. The molecule has 2 aromatic heterocycles. The van der Waals surface area contributed by atoms with Gasteiger partial charge in [-0.15, -0.1) is 0 Å². The molecule has 1 aliphatic carbocycles. The van der Waals surface area contributed by atoms with E-state index in [1.54, 1.807) is 0 Å². The van der Waals surface area contributed by atoms with E-state index in [2.05, 4.69) is 229 Å². The first kappa shape index (κ1) is 53.2. The maximum absolute atomic E-state index is 7.34. The zero-order valence-electron chi connectivity index (χ0n) is 48.0. The van der Waals surface area contributed by atoms with E-state index < -0.39 is 16.0 Å². The second kappa shape index (κ2) is 20.1. The summed E-state index contributed by atoms with van der Waals surface area (Å²) in [5, 5.41) is 6.20. The number of para-hydroxylation sites is 4. The van der Waals surface area contributed by atoms with Crippen LogP contribution in [0.5, 0.6) is 11.5 Å². The summed E-state index contributed by atoms with van der Waals surface area (Å²) in [6, 6.07) is 52.7. The average molecular weight is 1070 g/mol. The van der Waals surface area contributed by atoms with E-state index in [0.717, 1.165) is 110 Å². The summed E-state index contributed by atoms with van der Waals surface area (Å²) in [4.78, 5) is 0. The van der Waals surface area contributed by atoms with Crippen LogP contribution in [0.3, 0.4) is 0 Å². The topological polar surface area (TPSA) is 71.0 Å². The molecule has 6 nitrogen and oxygen atoms in total. The van der Waals surface area contributed by atoms with Crippen LogP contribution < -0.4 is 9.47 Å². The van der Waals surface area contributed by atoms with Crippen molar-refractivity contribution in [2.24, 2.45) is 0 Å². The monoisotopic (exact) mass is 1070 g/mol. The summed E-state index contributed by atoms with van der Waals surface area (Å²) in [7, 11) is 0.154. The second-order valence-corrected chi connectivity index (χ2v) is 28.2. The molecule has 0 spiro atoms. The Bertz CT molecular complexity index is 3580. The van der Waals surface area contributed by atoms with Crippen LogP contribution in [0.1, 0.15) is 150 Å². The van der Waals surface area contributed by atoms with Crippen molar-refractivity contribution in [1.29, 1.82) is 0 Å². The third kappa shape index (κ3) is 10.2. The lowest BCUT2D eigenvalue weighted by atomic mass is 9.79. The van der Waals surface area contributed by atoms with Crippen molar-refractivity contribution < 1.29 is 26.3 Å². The van der Waals surface area contributed by atoms with E-state index in [9.17, 15) is 0 Å². The highest BCUT2D eigenvalue weighted by atomic mass is 31.1. The van der Waals surface area contributed by atoms with Gasteiger partial charge in [-0.3, -0.25) is 0 Å². The standard InChI is InChI=1S/C70H74O6P2/c1-67(2,3)51-35-43-31-47-39-53(69(7,8)9)41-49(65(47)77-73-59-27-19-15-23-55(59)56-24-16-20-28-60(56)74-77)33-45-37-52(68(4,5)6)38-46(64(45)72-14)34-50-42-54(70(10,11)12)40-48(32-44(36-51)63(43)71-13)66(50)78-75-61-29-21-17-25-57(61)58-26-18-22-30-62(58)76-78/h15-30,35-42H,31-34H2,1-14H3.